The van der Waals surface area contributed by atoms with E-state index in [1.807, 2.05) is 12.1 Å². The van der Waals surface area contributed by atoms with Gasteiger partial charge in [0.05, 0.1) is 6.10 Å². The van der Waals surface area contributed by atoms with Gasteiger partial charge in [-0.1, -0.05) is 27.5 Å². The summed E-state index contributed by atoms with van der Waals surface area (Å²) in [6.45, 7) is 1.81. The molecule has 1 saturated carbocycles. The molecule has 2 nitrogen and oxygen atoms in total. The Balaban J connectivity index is 1.76. The van der Waals surface area contributed by atoms with Gasteiger partial charge >= 0.3 is 0 Å². The Hall–Kier alpha value is -0.0900. The Morgan fingerprint density at radius 1 is 1.28 bits per heavy atom. The minimum Gasteiger partial charge on any atom is -0.393 e. The van der Waals surface area contributed by atoms with Crippen molar-refractivity contribution in [2.24, 2.45) is 5.92 Å². The number of halogens is 2. The van der Waals surface area contributed by atoms with Crippen LogP contribution in [0, 0.1) is 5.92 Å². The molecule has 0 amide bonds. The molecule has 0 bridgehead atoms. The number of rotatable bonds is 4. The van der Waals surface area contributed by atoms with Gasteiger partial charge in [0.25, 0.3) is 0 Å². The highest BCUT2D eigenvalue weighted by Crippen LogP contribution is 2.24. The summed E-state index contributed by atoms with van der Waals surface area (Å²) >= 11 is 9.60. The highest BCUT2D eigenvalue weighted by molar-refractivity contribution is 9.10. The minimum atomic E-state index is -0.0687. The zero-order chi connectivity index (χ0) is 13.0. The summed E-state index contributed by atoms with van der Waals surface area (Å²) in [5.41, 5.74) is 1.13. The Kier molecular flexibility index (Phi) is 5.49. The van der Waals surface area contributed by atoms with Crippen molar-refractivity contribution in [3.63, 3.8) is 0 Å². The third kappa shape index (κ3) is 4.23. The highest BCUT2D eigenvalue weighted by Gasteiger charge is 2.18. The first kappa shape index (κ1) is 14.3. The molecular formula is C14H19BrClNO. The van der Waals surface area contributed by atoms with E-state index in [0.29, 0.717) is 5.92 Å². The molecule has 0 atom stereocenters. The molecule has 100 valence electrons. The van der Waals surface area contributed by atoms with Crippen molar-refractivity contribution < 1.29 is 5.11 Å². The van der Waals surface area contributed by atoms with Crippen LogP contribution in [0.4, 0.5) is 0 Å². The number of aliphatic hydroxyl groups is 1. The molecule has 1 aliphatic rings. The van der Waals surface area contributed by atoms with Crippen LogP contribution >= 0.6 is 27.5 Å². The van der Waals surface area contributed by atoms with E-state index in [4.69, 9.17) is 11.6 Å². The fraction of sp³-hybridized carbons (Fsp3) is 0.571. The zero-order valence-electron chi connectivity index (χ0n) is 10.3. The third-order valence-corrected chi connectivity index (χ3v) is 4.43. The molecule has 2 N–H and O–H groups in total. The van der Waals surface area contributed by atoms with Gasteiger partial charge in [0.15, 0.2) is 0 Å². The normalized spacial score (nSPS) is 24.2. The summed E-state index contributed by atoms with van der Waals surface area (Å²) in [6, 6.07) is 5.92. The molecule has 0 heterocycles. The Labute approximate surface area is 122 Å². The number of hydrogen-bond acceptors (Lipinski definition) is 2. The molecule has 0 aromatic heterocycles. The van der Waals surface area contributed by atoms with Gasteiger partial charge in [-0.2, -0.15) is 0 Å². The molecule has 0 radical (unpaired) electrons. The van der Waals surface area contributed by atoms with Crippen molar-refractivity contribution in [2.45, 2.75) is 38.3 Å². The second-order valence-corrected chi connectivity index (χ2v) is 6.36. The molecule has 1 aromatic rings. The van der Waals surface area contributed by atoms with Gasteiger partial charge in [0.2, 0.25) is 0 Å². The van der Waals surface area contributed by atoms with E-state index >= 15 is 0 Å². The Morgan fingerprint density at radius 3 is 2.72 bits per heavy atom. The van der Waals surface area contributed by atoms with E-state index in [9.17, 15) is 5.11 Å². The third-order valence-electron chi connectivity index (χ3n) is 3.57. The summed E-state index contributed by atoms with van der Waals surface area (Å²) in [6.07, 6.45) is 4.08. The molecule has 0 unspecified atom stereocenters. The fourth-order valence-corrected chi connectivity index (χ4v) is 3.03. The summed E-state index contributed by atoms with van der Waals surface area (Å²) in [5, 5.41) is 13.7. The van der Waals surface area contributed by atoms with Gasteiger partial charge in [0.1, 0.15) is 0 Å². The number of benzene rings is 1. The molecular weight excluding hydrogens is 314 g/mol. The van der Waals surface area contributed by atoms with Gasteiger partial charge in [-0.05, 0) is 61.9 Å². The van der Waals surface area contributed by atoms with Crippen molar-refractivity contribution >= 4 is 27.5 Å². The summed E-state index contributed by atoms with van der Waals surface area (Å²) in [5.74, 6) is 0.694. The lowest BCUT2D eigenvalue weighted by Crippen LogP contribution is -2.27. The van der Waals surface area contributed by atoms with Crippen LogP contribution in [0.3, 0.4) is 0 Å². The van der Waals surface area contributed by atoms with Crippen LogP contribution in [-0.2, 0) is 6.54 Å². The molecule has 1 aliphatic carbocycles. The van der Waals surface area contributed by atoms with Crippen LogP contribution in [0.15, 0.2) is 22.7 Å². The Morgan fingerprint density at radius 2 is 2.00 bits per heavy atom. The molecule has 18 heavy (non-hydrogen) atoms. The predicted octanol–water partition coefficient (Wildman–Crippen LogP) is 3.74. The monoisotopic (exact) mass is 331 g/mol. The number of hydrogen-bond donors (Lipinski definition) is 2. The van der Waals surface area contributed by atoms with E-state index in [-0.39, 0.29) is 6.10 Å². The van der Waals surface area contributed by atoms with E-state index < -0.39 is 0 Å². The molecule has 0 spiro atoms. The van der Waals surface area contributed by atoms with Crippen molar-refractivity contribution in [1.29, 1.82) is 0 Å². The maximum absolute atomic E-state index is 9.45. The van der Waals surface area contributed by atoms with Gasteiger partial charge < -0.3 is 10.4 Å². The molecule has 0 aliphatic heterocycles. The first-order chi connectivity index (χ1) is 8.65. The van der Waals surface area contributed by atoms with E-state index in [2.05, 4.69) is 27.3 Å². The molecule has 1 fully saturated rings. The van der Waals surface area contributed by atoms with Gasteiger partial charge in [-0.15, -0.1) is 0 Å². The van der Waals surface area contributed by atoms with E-state index in [1.165, 1.54) is 0 Å². The maximum Gasteiger partial charge on any atom is 0.0540 e. The number of nitrogens with one attached hydrogen (secondary N) is 1. The summed E-state index contributed by atoms with van der Waals surface area (Å²) in [7, 11) is 0. The maximum atomic E-state index is 9.45. The largest absolute Gasteiger partial charge is 0.393 e. The van der Waals surface area contributed by atoms with Crippen LogP contribution in [-0.4, -0.2) is 17.8 Å². The summed E-state index contributed by atoms with van der Waals surface area (Å²) < 4.78 is 1.06. The lowest BCUT2D eigenvalue weighted by atomic mass is 9.87. The highest BCUT2D eigenvalue weighted by atomic mass is 79.9. The quantitative estimate of drug-likeness (QED) is 0.880. The van der Waals surface area contributed by atoms with Crippen LogP contribution < -0.4 is 5.32 Å². The van der Waals surface area contributed by atoms with Gasteiger partial charge in [0, 0.05) is 16.0 Å². The topological polar surface area (TPSA) is 32.3 Å². The second kappa shape index (κ2) is 6.90. The molecule has 0 saturated heterocycles. The van der Waals surface area contributed by atoms with Crippen LogP contribution in [0.5, 0.6) is 0 Å². The van der Waals surface area contributed by atoms with Crippen LogP contribution in [0.25, 0.3) is 0 Å². The average Bonchev–Trinajstić information content (AvgIpc) is 2.36. The van der Waals surface area contributed by atoms with Crippen molar-refractivity contribution in [2.75, 3.05) is 6.54 Å². The second-order valence-electron chi connectivity index (χ2n) is 5.04. The zero-order valence-corrected chi connectivity index (χ0v) is 12.7. The van der Waals surface area contributed by atoms with Crippen LogP contribution in [0.2, 0.25) is 5.02 Å². The predicted molar refractivity (Wildman–Crippen MR) is 78.8 cm³/mol. The number of aliphatic hydroxyl groups excluding tert-OH is 1. The average molecular weight is 333 g/mol. The smallest absolute Gasteiger partial charge is 0.0540 e. The lowest BCUT2D eigenvalue weighted by molar-refractivity contribution is 0.108. The SMILES string of the molecule is OC1CCC(CNCc2cc(Br)ccc2Cl)CC1. The fourth-order valence-electron chi connectivity index (χ4n) is 2.44. The molecule has 1 aromatic carbocycles. The summed E-state index contributed by atoms with van der Waals surface area (Å²) in [4.78, 5) is 0. The Bertz CT molecular complexity index is 391. The first-order valence-electron chi connectivity index (χ1n) is 6.48. The minimum absolute atomic E-state index is 0.0687. The van der Waals surface area contributed by atoms with Gasteiger partial charge in [-0.25, -0.2) is 0 Å². The van der Waals surface area contributed by atoms with Crippen molar-refractivity contribution in [1.82, 2.24) is 5.32 Å². The standard InChI is InChI=1S/C14H19BrClNO/c15-12-3-6-14(16)11(7-12)9-17-8-10-1-4-13(18)5-2-10/h3,6-7,10,13,17-18H,1-2,4-5,8-9H2. The van der Waals surface area contributed by atoms with Crippen molar-refractivity contribution in [3.8, 4) is 0 Å². The molecule has 2 rings (SSSR count). The van der Waals surface area contributed by atoms with Crippen LogP contribution in [0.1, 0.15) is 31.2 Å². The van der Waals surface area contributed by atoms with E-state index in [0.717, 1.165) is 53.8 Å². The van der Waals surface area contributed by atoms with E-state index in [1.54, 1.807) is 0 Å². The molecule has 4 heteroatoms. The lowest BCUT2D eigenvalue weighted by Gasteiger charge is -2.25. The van der Waals surface area contributed by atoms with Gasteiger partial charge in [-0.3, -0.25) is 0 Å². The van der Waals surface area contributed by atoms with Crippen molar-refractivity contribution in [3.05, 3.63) is 33.3 Å². The first-order valence-corrected chi connectivity index (χ1v) is 7.65.